The molecular weight excluding hydrogens is 354 g/mol. The third-order valence-electron chi connectivity index (χ3n) is 3.84. The first kappa shape index (κ1) is 19.3. The molecule has 0 unspecified atom stereocenters. The highest BCUT2D eigenvalue weighted by Crippen LogP contribution is 2.24. The average molecular weight is 377 g/mol. The van der Waals surface area contributed by atoms with Crippen LogP contribution >= 0.6 is 0 Å². The Morgan fingerprint density at radius 3 is 2.54 bits per heavy atom. The van der Waals surface area contributed by atoms with Crippen LogP contribution in [0.5, 0.6) is 0 Å². The summed E-state index contributed by atoms with van der Waals surface area (Å²) in [4.78, 5) is 20.4. The summed E-state index contributed by atoms with van der Waals surface area (Å²) in [6.45, 7) is 2.64. The zero-order chi connectivity index (χ0) is 19.8. The van der Waals surface area contributed by atoms with Gasteiger partial charge >= 0.3 is 0 Å². The van der Waals surface area contributed by atoms with Crippen molar-refractivity contribution in [3.63, 3.8) is 0 Å². The summed E-state index contributed by atoms with van der Waals surface area (Å²) in [5.41, 5.74) is 3.32. The SMILES string of the molecule is COCCNc1nc(Nc2cccc(NC(C)=O)c2)cc(-c2ccccc2)n1. The van der Waals surface area contributed by atoms with E-state index in [9.17, 15) is 4.79 Å². The summed E-state index contributed by atoms with van der Waals surface area (Å²) in [5.74, 6) is 1.04. The van der Waals surface area contributed by atoms with Gasteiger partial charge in [0.15, 0.2) is 0 Å². The van der Waals surface area contributed by atoms with Crippen LogP contribution in [0.1, 0.15) is 6.92 Å². The Morgan fingerprint density at radius 1 is 1.00 bits per heavy atom. The first-order valence-electron chi connectivity index (χ1n) is 8.96. The van der Waals surface area contributed by atoms with Crippen LogP contribution in [0.2, 0.25) is 0 Å². The van der Waals surface area contributed by atoms with Crippen LogP contribution in [-0.2, 0) is 9.53 Å². The number of aromatic nitrogens is 2. The standard InChI is InChI=1S/C21H23N5O2/c1-15(27)23-17-9-6-10-18(13-17)24-20-14-19(16-7-4-3-5-8-16)25-21(26-20)22-11-12-28-2/h3-10,13-14H,11-12H2,1-2H3,(H,23,27)(H2,22,24,25,26). The number of rotatable bonds is 8. The third-order valence-corrected chi connectivity index (χ3v) is 3.84. The second kappa shape index (κ2) is 9.48. The maximum atomic E-state index is 11.3. The lowest BCUT2D eigenvalue weighted by molar-refractivity contribution is -0.114. The van der Waals surface area contributed by atoms with Crippen LogP contribution in [0.4, 0.5) is 23.1 Å². The van der Waals surface area contributed by atoms with Crippen LogP contribution in [0.25, 0.3) is 11.3 Å². The molecule has 0 saturated heterocycles. The number of methoxy groups -OCH3 is 1. The molecule has 2 aromatic carbocycles. The Balaban J connectivity index is 1.88. The van der Waals surface area contributed by atoms with E-state index in [1.165, 1.54) is 6.92 Å². The number of nitrogens with one attached hydrogen (secondary N) is 3. The Kier molecular flexibility index (Phi) is 6.54. The molecule has 3 rings (SSSR count). The molecule has 0 saturated carbocycles. The Bertz CT molecular complexity index is 931. The maximum absolute atomic E-state index is 11.3. The Hall–Kier alpha value is -3.45. The van der Waals surface area contributed by atoms with Gasteiger partial charge in [-0.1, -0.05) is 36.4 Å². The van der Waals surface area contributed by atoms with Crippen molar-refractivity contribution in [2.45, 2.75) is 6.92 Å². The molecule has 0 fully saturated rings. The van der Waals surface area contributed by atoms with Gasteiger partial charge < -0.3 is 20.7 Å². The Morgan fingerprint density at radius 2 is 1.79 bits per heavy atom. The number of amides is 1. The summed E-state index contributed by atoms with van der Waals surface area (Å²) in [7, 11) is 1.65. The van der Waals surface area contributed by atoms with Crippen molar-refractivity contribution in [1.82, 2.24) is 9.97 Å². The molecule has 1 aromatic heterocycles. The van der Waals surface area contributed by atoms with Gasteiger partial charge in [0, 0.05) is 43.6 Å². The number of carbonyl (C=O) groups is 1. The van der Waals surface area contributed by atoms with Crippen molar-refractivity contribution >= 4 is 29.0 Å². The molecule has 3 aromatic rings. The Labute approximate surface area is 164 Å². The highest BCUT2D eigenvalue weighted by atomic mass is 16.5. The minimum Gasteiger partial charge on any atom is -0.383 e. The van der Waals surface area contributed by atoms with Gasteiger partial charge in [-0.25, -0.2) is 4.98 Å². The molecule has 28 heavy (non-hydrogen) atoms. The minimum atomic E-state index is -0.116. The predicted molar refractivity (Wildman–Crippen MR) is 112 cm³/mol. The maximum Gasteiger partial charge on any atom is 0.225 e. The number of carbonyl (C=O) groups excluding carboxylic acids is 1. The smallest absolute Gasteiger partial charge is 0.225 e. The first-order chi connectivity index (χ1) is 13.6. The van der Waals surface area contributed by atoms with E-state index in [4.69, 9.17) is 4.74 Å². The van der Waals surface area contributed by atoms with Crippen LogP contribution in [-0.4, -0.2) is 36.1 Å². The van der Waals surface area contributed by atoms with E-state index in [2.05, 4.69) is 25.9 Å². The molecule has 7 heteroatoms. The second-order valence-electron chi connectivity index (χ2n) is 6.13. The molecule has 0 bridgehead atoms. The number of ether oxygens (including phenoxy) is 1. The van der Waals surface area contributed by atoms with Gasteiger partial charge in [0.1, 0.15) is 5.82 Å². The monoisotopic (exact) mass is 377 g/mol. The van der Waals surface area contributed by atoms with E-state index >= 15 is 0 Å². The lowest BCUT2D eigenvalue weighted by atomic mass is 10.1. The van der Waals surface area contributed by atoms with Gasteiger partial charge in [0.05, 0.1) is 12.3 Å². The third kappa shape index (κ3) is 5.52. The molecule has 1 amide bonds. The summed E-state index contributed by atoms with van der Waals surface area (Å²) in [6, 6.07) is 19.3. The predicted octanol–water partition coefficient (Wildman–Crippen LogP) is 3.90. The van der Waals surface area contributed by atoms with Gasteiger partial charge in [-0.3, -0.25) is 4.79 Å². The largest absolute Gasteiger partial charge is 0.383 e. The van der Waals surface area contributed by atoms with Crippen LogP contribution in [0.3, 0.4) is 0 Å². The molecule has 0 spiro atoms. The fourth-order valence-corrected chi connectivity index (χ4v) is 2.64. The fraction of sp³-hybridized carbons (Fsp3) is 0.190. The first-order valence-corrected chi connectivity index (χ1v) is 8.96. The summed E-state index contributed by atoms with van der Waals surface area (Å²) in [5, 5.41) is 9.24. The van der Waals surface area contributed by atoms with E-state index in [1.54, 1.807) is 7.11 Å². The zero-order valence-electron chi connectivity index (χ0n) is 15.9. The normalized spacial score (nSPS) is 10.4. The van der Waals surface area contributed by atoms with E-state index in [1.807, 2.05) is 60.7 Å². The molecule has 0 aliphatic heterocycles. The molecule has 0 radical (unpaired) electrons. The van der Waals surface area contributed by atoms with Gasteiger partial charge in [-0.05, 0) is 18.2 Å². The number of nitrogens with zero attached hydrogens (tertiary/aromatic N) is 2. The molecule has 144 valence electrons. The average Bonchev–Trinajstić information content (AvgIpc) is 2.68. The zero-order valence-corrected chi connectivity index (χ0v) is 15.9. The molecule has 0 aliphatic rings. The number of hydrogen-bond donors (Lipinski definition) is 3. The molecule has 1 heterocycles. The van der Waals surface area contributed by atoms with E-state index in [-0.39, 0.29) is 5.91 Å². The van der Waals surface area contributed by atoms with Crippen molar-refractivity contribution in [3.8, 4) is 11.3 Å². The van der Waals surface area contributed by atoms with Crippen molar-refractivity contribution in [2.24, 2.45) is 0 Å². The second-order valence-corrected chi connectivity index (χ2v) is 6.13. The van der Waals surface area contributed by atoms with Crippen LogP contribution < -0.4 is 16.0 Å². The fourth-order valence-electron chi connectivity index (χ4n) is 2.64. The van der Waals surface area contributed by atoms with Crippen LogP contribution in [0.15, 0.2) is 60.7 Å². The van der Waals surface area contributed by atoms with Gasteiger partial charge in [0.25, 0.3) is 0 Å². The number of anilines is 4. The van der Waals surface area contributed by atoms with Gasteiger partial charge in [-0.2, -0.15) is 4.98 Å². The lowest BCUT2D eigenvalue weighted by Crippen LogP contribution is -2.11. The van der Waals surface area contributed by atoms with E-state index in [0.29, 0.717) is 30.6 Å². The summed E-state index contributed by atoms with van der Waals surface area (Å²) < 4.78 is 5.08. The van der Waals surface area contributed by atoms with Crippen molar-refractivity contribution in [3.05, 3.63) is 60.7 Å². The van der Waals surface area contributed by atoms with Crippen molar-refractivity contribution in [2.75, 3.05) is 36.2 Å². The van der Waals surface area contributed by atoms with Crippen LogP contribution in [0, 0.1) is 0 Å². The van der Waals surface area contributed by atoms with Crippen molar-refractivity contribution < 1.29 is 9.53 Å². The number of hydrogen-bond acceptors (Lipinski definition) is 6. The summed E-state index contributed by atoms with van der Waals surface area (Å²) in [6.07, 6.45) is 0. The summed E-state index contributed by atoms with van der Waals surface area (Å²) >= 11 is 0. The minimum absolute atomic E-state index is 0.116. The van der Waals surface area contributed by atoms with E-state index < -0.39 is 0 Å². The highest BCUT2D eigenvalue weighted by molar-refractivity contribution is 5.89. The highest BCUT2D eigenvalue weighted by Gasteiger charge is 2.08. The topological polar surface area (TPSA) is 88.2 Å². The molecule has 7 nitrogen and oxygen atoms in total. The molecular formula is C21H23N5O2. The molecule has 3 N–H and O–H groups in total. The van der Waals surface area contributed by atoms with Gasteiger partial charge in [0.2, 0.25) is 11.9 Å². The van der Waals surface area contributed by atoms with E-state index in [0.717, 1.165) is 16.9 Å². The lowest BCUT2D eigenvalue weighted by Gasteiger charge is -2.12. The molecule has 0 atom stereocenters. The van der Waals surface area contributed by atoms with Gasteiger partial charge in [-0.15, -0.1) is 0 Å². The molecule has 0 aliphatic carbocycles. The van der Waals surface area contributed by atoms with Crippen molar-refractivity contribution in [1.29, 1.82) is 0 Å². The number of benzene rings is 2. The quantitative estimate of drug-likeness (QED) is 0.516.